The van der Waals surface area contributed by atoms with E-state index in [-0.39, 0.29) is 5.97 Å². The molecule has 0 unspecified atom stereocenters. The Bertz CT molecular complexity index is 306. The zero-order valence-electron chi connectivity index (χ0n) is 9.03. The van der Waals surface area contributed by atoms with Crippen LogP contribution in [0.4, 0.5) is 5.69 Å². The van der Waals surface area contributed by atoms with E-state index in [1.54, 1.807) is 12.1 Å². The summed E-state index contributed by atoms with van der Waals surface area (Å²) in [6.45, 7) is 2.39. The molecular weight excluding hydrogens is 190 g/mol. The number of ether oxygens (including phenoxy) is 1. The number of carbonyl (C=O) groups is 1. The molecule has 2 N–H and O–H groups in total. The van der Waals surface area contributed by atoms with Gasteiger partial charge in [-0.25, -0.2) is 0 Å². The second-order valence-electron chi connectivity index (χ2n) is 3.51. The minimum absolute atomic E-state index is 0.131. The molecule has 0 heterocycles. The number of hydrogen-bond acceptors (Lipinski definition) is 3. The predicted octanol–water partition coefficient (Wildman–Crippen LogP) is 2.50. The maximum Gasteiger partial charge on any atom is 0.306 e. The standard InChI is InChI=1S/C12H17NO2/c1-2-3-4-12(14)15-9-10-5-7-11(13)8-6-10/h5-8H,2-4,9,13H2,1H3. The van der Waals surface area contributed by atoms with Gasteiger partial charge in [0.05, 0.1) is 0 Å². The number of anilines is 1. The first-order valence-electron chi connectivity index (χ1n) is 5.22. The number of unbranched alkanes of at least 4 members (excludes halogenated alkanes) is 1. The van der Waals surface area contributed by atoms with Crippen LogP contribution in [-0.4, -0.2) is 5.97 Å². The quantitative estimate of drug-likeness (QED) is 0.596. The van der Waals surface area contributed by atoms with Gasteiger partial charge in [0.2, 0.25) is 0 Å². The van der Waals surface area contributed by atoms with E-state index in [2.05, 4.69) is 0 Å². The summed E-state index contributed by atoms with van der Waals surface area (Å²) in [5, 5.41) is 0. The Balaban J connectivity index is 2.30. The number of nitrogens with two attached hydrogens (primary N) is 1. The largest absolute Gasteiger partial charge is 0.461 e. The van der Waals surface area contributed by atoms with Crippen LogP contribution in [0.5, 0.6) is 0 Å². The van der Waals surface area contributed by atoms with Gasteiger partial charge in [-0.2, -0.15) is 0 Å². The van der Waals surface area contributed by atoms with Crippen LogP contribution in [0.15, 0.2) is 24.3 Å². The van der Waals surface area contributed by atoms with Crippen molar-refractivity contribution in [1.82, 2.24) is 0 Å². The molecule has 3 nitrogen and oxygen atoms in total. The smallest absolute Gasteiger partial charge is 0.306 e. The average Bonchev–Trinajstić information content (AvgIpc) is 2.25. The molecule has 0 aliphatic carbocycles. The molecule has 0 spiro atoms. The zero-order chi connectivity index (χ0) is 11.1. The van der Waals surface area contributed by atoms with Crippen molar-refractivity contribution >= 4 is 11.7 Å². The molecule has 0 aromatic heterocycles. The van der Waals surface area contributed by atoms with Gasteiger partial charge in [0.25, 0.3) is 0 Å². The summed E-state index contributed by atoms with van der Waals surface area (Å²) in [5.41, 5.74) is 7.23. The zero-order valence-corrected chi connectivity index (χ0v) is 9.03. The highest BCUT2D eigenvalue weighted by Crippen LogP contribution is 2.07. The number of carbonyl (C=O) groups excluding carboxylic acids is 1. The van der Waals surface area contributed by atoms with Crippen molar-refractivity contribution in [3.63, 3.8) is 0 Å². The summed E-state index contributed by atoms with van der Waals surface area (Å²) in [6.07, 6.45) is 2.41. The monoisotopic (exact) mass is 207 g/mol. The molecule has 0 amide bonds. The number of benzene rings is 1. The Morgan fingerprint density at radius 2 is 2.00 bits per heavy atom. The lowest BCUT2D eigenvalue weighted by atomic mass is 10.2. The van der Waals surface area contributed by atoms with Gasteiger partial charge in [0, 0.05) is 12.1 Å². The Morgan fingerprint density at radius 3 is 2.60 bits per heavy atom. The second kappa shape index (κ2) is 6.06. The number of nitrogen functional groups attached to an aromatic ring is 1. The number of esters is 1. The third kappa shape index (κ3) is 4.49. The SMILES string of the molecule is CCCCC(=O)OCc1ccc(N)cc1. The van der Waals surface area contributed by atoms with Crippen molar-refractivity contribution in [3.05, 3.63) is 29.8 Å². The molecule has 0 saturated heterocycles. The molecule has 15 heavy (non-hydrogen) atoms. The van der Waals surface area contributed by atoms with Crippen molar-refractivity contribution in [2.45, 2.75) is 32.8 Å². The van der Waals surface area contributed by atoms with E-state index >= 15 is 0 Å². The molecule has 0 bridgehead atoms. The number of hydrogen-bond donors (Lipinski definition) is 1. The fourth-order valence-electron chi connectivity index (χ4n) is 1.17. The molecule has 0 fully saturated rings. The first kappa shape index (κ1) is 11.6. The summed E-state index contributed by atoms with van der Waals surface area (Å²) < 4.78 is 5.09. The van der Waals surface area contributed by atoms with E-state index < -0.39 is 0 Å². The summed E-state index contributed by atoms with van der Waals surface area (Å²) in [4.78, 5) is 11.2. The van der Waals surface area contributed by atoms with E-state index in [1.807, 2.05) is 19.1 Å². The summed E-state index contributed by atoms with van der Waals surface area (Å²) in [7, 11) is 0. The fourth-order valence-corrected chi connectivity index (χ4v) is 1.17. The molecule has 1 aromatic carbocycles. The molecule has 0 aliphatic heterocycles. The predicted molar refractivity (Wildman–Crippen MR) is 60.2 cm³/mol. The average molecular weight is 207 g/mol. The van der Waals surface area contributed by atoms with Crippen LogP contribution in [0, 0.1) is 0 Å². The van der Waals surface area contributed by atoms with Crippen molar-refractivity contribution in [1.29, 1.82) is 0 Å². The highest BCUT2D eigenvalue weighted by Gasteiger charge is 2.01. The van der Waals surface area contributed by atoms with E-state index in [1.165, 1.54) is 0 Å². The molecule has 0 radical (unpaired) electrons. The molecule has 0 saturated carbocycles. The van der Waals surface area contributed by atoms with Crippen LogP contribution in [0.2, 0.25) is 0 Å². The Morgan fingerprint density at radius 1 is 1.33 bits per heavy atom. The van der Waals surface area contributed by atoms with Crippen LogP contribution in [-0.2, 0) is 16.1 Å². The van der Waals surface area contributed by atoms with Crippen molar-refractivity contribution in [3.8, 4) is 0 Å². The lowest BCUT2D eigenvalue weighted by Gasteiger charge is -2.04. The maximum atomic E-state index is 11.2. The van der Waals surface area contributed by atoms with Gasteiger partial charge in [0.15, 0.2) is 0 Å². The van der Waals surface area contributed by atoms with Crippen molar-refractivity contribution < 1.29 is 9.53 Å². The van der Waals surface area contributed by atoms with E-state index in [0.29, 0.717) is 13.0 Å². The minimum atomic E-state index is -0.131. The minimum Gasteiger partial charge on any atom is -0.461 e. The highest BCUT2D eigenvalue weighted by molar-refractivity contribution is 5.69. The first-order valence-corrected chi connectivity index (χ1v) is 5.22. The van der Waals surface area contributed by atoms with Crippen molar-refractivity contribution in [2.24, 2.45) is 0 Å². The third-order valence-electron chi connectivity index (χ3n) is 2.11. The van der Waals surface area contributed by atoms with Gasteiger partial charge in [-0.15, -0.1) is 0 Å². The van der Waals surface area contributed by atoms with Gasteiger partial charge in [-0.1, -0.05) is 25.5 Å². The normalized spacial score (nSPS) is 9.93. The Hall–Kier alpha value is -1.51. The molecule has 3 heteroatoms. The summed E-state index contributed by atoms with van der Waals surface area (Å²) in [5.74, 6) is -0.131. The van der Waals surface area contributed by atoms with Gasteiger partial charge >= 0.3 is 5.97 Å². The van der Waals surface area contributed by atoms with Crippen molar-refractivity contribution in [2.75, 3.05) is 5.73 Å². The molecule has 0 aliphatic rings. The lowest BCUT2D eigenvalue weighted by Crippen LogP contribution is -2.04. The van der Waals surface area contributed by atoms with Crippen LogP contribution in [0.25, 0.3) is 0 Å². The number of rotatable bonds is 5. The van der Waals surface area contributed by atoms with Gasteiger partial charge < -0.3 is 10.5 Å². The van der Waals surface area contributed by atoms with E-state index in [4.69, 9.17) is 10.5 Å². The van der Waals surface area contributed by atoms with Crippen LogP contribution in [0.1, 0.15) is 31.7 Å². The van der Waals surface area contributed by atoms with Crippen LogP contribution >= 0.6 is 0 Å². The Labute approximate surface area is 90.2 Å². The molecule has 1 rings (SSSR count). The van der Waals surface area contributed by atoms with Gasteiger partial charge in [-0.05, 0) is 24.1 Å². The third-order valence-corrected chi connectivity index (χ3v) is 2.11. The van der Waals surface area contributed by atoms with Gasteiger partial charge in [-0.3, -0.25) is 4.79 Å². The molecular formula is C12H17NO2. The van der Waals surface area contributed by atoms with E-state index in [9.17, 15) is 4.79 Å². The molecule has 0 atom stereocenters. The lowest BCUT2D eigenvalue weighted by molar-refractivity contribution is -0.145. The highest BCUT2D eigenvalue weighted by atomic mass is 16.5. The summed E-state index contributed by atoms with van der Waals surface area (Å²) >= 11 is 0. The van der Waals surface area contributed by atoms with Crippen LogP contribution < -0.4 is 5.73 Å². The Kier molecular flexibility index (Phi) is 4.68. The summed E-state index contributed by atoms with van der Waals surface area (Å²) in [6, 6.07) is 7.33. The molecule has 1 aromatic rings. The maximum absolute atomic E-state index is 11.2. The second-order valence-corrected chi connectivity index (χ2v) is 3.51. The first-order chi connectivity index (χ1) is 7.22. The van der Waals surface area contributed by atoms with Gasteiger partial charge in [0.1, 0.15) is 6.61 Å². The van der Waals surface area contributed by atoms with Crippen LogP contribution in [0.3, 0.4) is 0 Å². The fraction of sp³-hybridized carbons (Fsp3) is 0.417. The molecule has 82 valence electrons. The van der Waals surface area contributed by atoms with E-state index in [0.717, 1.165) is 24.1 Å². The topological polar surface area (TPSA) is 52.3 Å².